The molecule has 0 saturated carbocycles. The molecule has 0 spiro atoms. The number of nitrogens with zero attached hydrogens (tertiary/aromatic N) is 1. The molecule has 0 saturated heterocycles. The third-order valence-electron chi connectivity index (χ3n) is 2.17. The van der Waals surface area contributed by atoms with Gasteiger partial charge in [-0.1, -0.05) is 17.3 Å². The van der Waals surface area contributed by atoms with E-state index in [1.165, 1.54) is 13.3 Å². The van der Waals surface area contributed by atoms with E-state index in [4.69, 9.17) is 10.3 Å². The minimum absolute atomic E-state index is 0.378. The number of esters is 1. The highest BCUT2D eigenvalue weighted by molar-refractivity contribution is 5.90. The molecule has 1 heterocycles. The average molecular weight is 218 g/mol. The van der Waals surface area contributed by atoms with E-state index in [1.807, 2.05) is 0 Å². The highest BCUT2D eigenvalue weighted by Gasteiger charge is 2.09. The van der Waals surface area contributed by atoms with Crippen molar-refractivity contribution in [2.24, 2.45) is 0 Å². The fourth-order valence-electron chi connectivity index (χ4n) is 1.34. The third kappa shape index (κ3) is 1.75. The number of nitrogen functional groups attached to an aromatic ring is 1. The van der Waals surface area contributed by atoms with Crippen molar-refractivity contribution >= 4 is 11.7 Å². The molecule has 0 bridgehead atoms. The molecule has 1 aromatic carbocycles. The lowest BCUT2D eigenvalue weighted by Gasteiger charge is -2.00. The molecule has 0 radical (unpaired) electrons. The Morgan fingerprint density at radius 3 is 2.56 bits per heavy atom. The standard InChI is InChI=1S/C11H10N2O3/c1-15-11(14)8-4-2-7(3-5-8)10-9(12)6-13-16-10/h2-6H,12H2,1H3. The Morgan fingerprint density at radius 1 is 1.38 bits per heavy atom. The summed E-state index contributed by atoms with van der Waals surface area (Å²) >= 11 is 0. The lowest BCUT2D eigenvalue weighted by atomic mass is 10.1. The average Bonchev–Trinajstić information content (AvgIpc) is 2.75. The number of aromatic nitrogens is 1. The van der Waals surface area contributed by atoms with Crippen LogP contribution < -0.4 is 5.73 Å². The predicted octanol–water partition coefficient (Wildman–Crippen LogP) is 1.71. The predicted molar refractivity (Wildman–Crippen MR) is 57.7 cm³/mol. The van der Waals surface area contributed by atoms with Crippen molar-refractivity contribution in [2.75, 3.05) is 12.8 Å². The van der Waals surface area contributed by atoms with E-state index in [0.717, 1.165) is 5.56 Å². The minimum atomic E-state index is -0.378. The summed E-state index contributed by atoms with van der Waals surface area (Å²) in [5.41, 5.74) is 7.36. The molecule has 5 heteroatoms. The van der Waals surface area contributed by atoms with E-state index >= 15 is 0 Å². The number of nitrogens with two attached hydrogens (primary N) is 1. The summed E-state index contributed by atoms with van der Waals surface area (Å²) in [6.07, 6.45) is 1.43. The monoisotopic (exact) mass is 218 g/mol. The zero-order valence-corrected chi connectivity index (χ0v) is 8.64. The van der Waals surface area contributed by atoms with Gasteiger partial charge in [0.1, 0.15) is 5.69 Å². The van der Waals surface area contributed by atoms with Gasteiger partial charge in [-0.2, -0.15) is 0 Å². The van der Waals surface area contributed by atoms with Crippen LogP contribution in [0, 0.1) is 0 Å². The van der Waals surface area contributed by atoms with Crippen molar-refractivity contribution < 1.29 is 14.1 Å². The van der Waals surface area contributed by atoms with Gasteiger partial charge in [-0.25, -0.2) is 4.79 Å². The summed E-state index contributed by atoms with van der Waals surface area (Å²) in [7, 11) is 1.34. The first-order chi connectivity index (χ1) is 7.72. The number of rotatable bonds is 2. The molecule has 2 aromatic rings. The molecule has 2 N–H and O–H groups in total. The number of methoxy groups -OCH3 is 1. The quantitative estimate of drug-likeness (QED) is 0.776. The van der Waals surface area contributed by atoms with E-state index in [2.05, 4.69) is 9.89 Å². The molecule has 0 aliphatic rings. The van der Waals surface area contributed by atoms with Gasteiger partial charge < -0.3 is 15.0 Å². The highest BCUT2D eigenvalue weighted by atomic mass is 16.5. The smallest absolute Gasteiger partial charge is 0.337 e. The van der Waals surface area contributed by atoms with Gasteiger partial charge in [0.2, 0.25) is 0 Å². The second-order valence-corrected chi connectivity index (χ2v) is 3.18. The maximum absolute atomic E-state index is 11.2. The summed E-state index contributed by atoms with van der Waals surface area (Å²) in [4.78, 5) is 11.2. The number of anilines is 1. The molecule has 16 heavy (non-hydrogen) atoms. The van der Waals surface area contributed by atoms with Crippen molar-refractivity contribution in [3.63, 3.8) is 0 Å². The first-order valence-corrected chi connectivity index (χ1v) is 4.61. The zero-order chi connectivity index (χ0) is 11.5. The van der Waals surface area contributed by atoms with Gasteiger partial charge in [0, 0.05) is 5.56 Å². The third-order valence-corrected chi connectivity index (χ3v) is 2.17. The summed E-state index contributed by atoms with van der Waals surface area (Å²) in [6.45, 7) is 0. The summed E-state index contributed by atoms with van der Waals surface area (Å²) < 4.78 is 9.58. The van der Waals surface area contributed by atoms with Crippen LogP contribution in [-0.4, -0.2) is 18.2 Å². The SMILES string of the molecule is COC(=O)c1ccc(-c2oncc2N)cc1. The Bertz CT molecular complexity index is 502. The van der Waals surface area contributed by atoms with Crippen molar-refractivity contribution in [2.45, 2.75) is 0 Å². The molecule has 0 aliphatic carbocycles. The van der Waals surface area contributed by atoms with Crippen LogP contribution in [0.25, 0.3) is 11.3 Å². The van der Waals surface area contributed by atoms with E-state index in [1.54, 1.807) is 24.3 Å². The molecular formula is C11H10N2O3. The molecule has 0 amide bonds. The molecule has 82 valence electrons. The zero-order valence-electron chi connectivity index (χ0n) is 8.64. The van der Waals surface area contributed by atoms with E-state index < -0.39 is 0 Å². The summed E-state index contributed by atoms with van der Waals surface area (Å²) in [5, 5.41) is 3.58. The van der Waals surface area contributed by atoms with Gasteiger partial charge in [0.15, 0.2) is 5.76 Å². The first kappa shape index (κ1) is 10.2. The molecule has 2 rings (SSSR count). The fraction of sp³-hybridized carbons (Fsp3) is 0.0909. The summed E-state index contributed by atoms with van der Waals surface area (Å²) in [5.74, 6) is 0.119. The van der Waals surface area contributed by atoms with Gasteiger partial charge in [-0.3, -0.25) is 0 Å². The van der Waals surface area contributed by atoms with Crippen LogP contribution in [0.3, 0.4) is 0 Å². The van der Waals surface area contributed by atoms with Gasteiger partial charge in [-0.05, 0) is 12.1 Å². The van der Waals surface area contributed by atoms with Crippen LogP contribution in [0.4, 0.5) is 5.69 Å². The normalized spacial score (nSPS) is 10.1. The Morgan fingerprint density at radius 2 is 2.06 bits per heavy atom. The Balaban J connectivity index is 2.33. The van der Waals surface area contributed by atoms with Crippen LogP contribution in [0.15, 0.2) is 35.0 Å². The topological polar surface area (TPSA) is 78.3 Å². The number of carbonyl (C=O) groups is 1. The number of ether oxygens (including phenoxy) is 1. The molecule has 0 aliphatic heterocycles. The second-order valence-electron chi connectivity index (χ2n) is 3.18. The van der Waals surface area contributed by atoms with E-state index in [9.17, 15) is 4.79 Å². The molecule has 1 aromatic heterocycles. The lowest BCUT2D eigenvalue weighted by molar-refractivity contribution is 0.0601. The van der Waals surface area contributed by atoms with Crippen LogP contribution in [0.1, 0.15) is 10.4 Å². The maximum Gasteiger partial charge on any atom is 0.337 e. The number of hydrogen-bond donors (Lipinski definition) is 1. The largest absolute Gasteiger partial charge is 0.465 e. The van der Waals surface area contributed by atoms with Gasteiger partial charge in [0.25, 0.3) is 0 Å². The minimum Gasteiger partial charge on any atom is -0.465 e. The van der Waals surface area contributed by atoms with E-state index in [-0.39, 0.29) is 5.97 Å². The Hall–Kier alpha value is -2.30. The summed E-state index contributed by atoms with van der Waals surface area (Å²) in [6, 6.07) is 6.73. The van der Waals surface area contributed by atoms with Crippen molar-refractivity contribution in [3.8, 4) is 11.3 Å². The van der Waals surface area contributed by atoms with Crippen molar-refractivity contribution in [1.82, 2.24) is 5.16 Å². The van der Waals surface area contributed by atoms with E-state index in [0.29, 0.717) is 17.0 Å². The second kappa shape index (κ2) is 4.06. The van der Waals surface area contributed by atoms with Crippen LogP contribution in [0.5, 0.6) is 0 Å². The van der Waals surface area contributed by atoms with Crippen LogP contribution in [0.2, 0.25) is 0 Å². The molecule has 5 nitrogen and oxygen atoms in total. The first-order valence-electron chi connectivity index (χ1n) is 4.61. The Kier molecular flexibility index (Phi) is 2.59. The van der Waals surface area contributed by atoms with Gasteiger partial charge >= 0.3 is 5.97 Å². The number of benzene rings is 1. The Labute approximate surface area is 91.8 Å². The van der Waals surface area contributed by atoms with Crippen molar-refractivity contribution in [3.05, 3.63) is 36.0 Å². The van der Waals surface area contributed by atoms with Gasteiger partial charge in [0.05, 0.1) is 18.9 Å². The molecule has 0 atom stereocenters. The van der Waals surface area contributed by atoms with Crippen molar-refractivity contribution in [1.29, 1.82) is 0 Å². The highest BCUT2D eigenvalue weighted by Crippen LogP contribution is 2.25. The number of hydrogen-bond acceptors (Lipinski definition) is 5. The fourth-order valence-corrected chi connectivity index (χ4v) is 1.34. The molecule has 0 fully saturated rings. The maximum atomic E-state index is 11.2. The van der Waals surface area contributed by atoms with Crippen LogP contribution >= 0.6 is 0 Å². The number of carbonyl (C=O) groups excluding carboxylic acids is 1. The lowest BCUT2D eigenvalue weighted by Crippen LogP contribution is -2.00. The van der Waals surface area contributed by atoms with Gasteiger partial charge in [-0.15, -0.1) is 0 Å². The molecule has 0 unspecified atom stereocenters. The molecular weight excluding hydrogens is 208 g/mol. The van der Waals surface area contributed by atoms with Crippen LogP contribution in [-0.2, 0) is 4.74 Å².